The van der Waals surface area contributed by atoms with E-state index in [9.17, 15) is 5.11 Å². The molecule has 12 heavy (non-hydrogen) atoms. The third kappa shape index (κ3) is 2.32. The van der Waals surface area contributed by atoms with Crippen molar-refractivity contribution in [2.45, 2.75) is 12.8 Å². The van der Waals surface area contributed by atoms with Crippen LogP contribution in [0.4, 0.5) is 0 Å². The highest BCUT2D eigenvalue weighted by Gasteiger charge is 2.03. The molecular formula is C9H11ClOS. The number of hydrogen-bond donors (Lipinski definition) is 2. The molecule has 0 heterocycles. The van der Waals surface area contributed by atoms with Crippen LogP contribution in [-0.4, -0.2) is 10.9 Å². The van der Waals surface area contributed by atoms with Crippen LogP contribution in [0.2, 0.25) is 5.02 Å². The highest BCUT2D eigenvalue weighted by atomic mass is 35.5. The summed E-state index contributed by atoms with van der Waals surface area (Å²) in [6.07, 6.45) is 1.78. The lowest BCUT2D eigenvalue weighted by atomic mass is 10.1. The zero-order valence-electron chi connectivity index (χ0n) is 6.63. The fourth-order valence-electron chi connectivity index (χ4n) is 1.03. The molecule has 0 atom stereocenters. The van der Waals surface area contributed by atoms with E-state index in [1.807, 2.05) is 12.1 Å². The average molecular weight is 203 g/mol. The third-order valence-corrected chi connectivity index (χ3v) is 2.30. The quantitative estimate of drug-likeness (QED) is 0.723. The maximum absolute atomic E-state index is 9.47. The molecular weight excluding hydrogens is 192 g/mol. The maximum Gasteiger partial charge on any atom is 0.137 e. The first-order valence-corrected chi connectivity index (χ1v) is 4.84. The SMILES string of the molecule is Oc1c(Cl)cccc1CCCS. The van der Waals surface area contributed by atoms with Gasteiger partial charge >= 0.3 is 0 Å². The molecule has 0 radical (unpaired) electrons. The van der Waals surface area contributed by atoms with Gasteiger partial charge in [-0.3, -0.25) is 0 Å². The standard InChI is InChI=1S/C9H11ClOS/c10-8-5-1-3-7(9(8)11)4-2-6-12/h1,3,5,11-12H,2,4,6H2. The van der Waals surface area contributed by atoms with Gasteiger partial charge in [0.25, 0.3) is 0 Å². The summed E-state index contributed by atoms with van der Waals surface area (Å²) >= 11 is 9.82. The summed E-state index contributed by atoms with van der Waals surface area (Å²) in [4.78, 5) is 0. The van der Waals surface area contributed by atoms with Crippen LogP contribution >= 0.6 is 24.2 Å². The predicted octanol–water partition coefficient (Wildman–Crippen LogP) is 2.91. The molecule has 0 aliphatic carbocycles. The van der Waals surface area contributed by atoms with Crippen LogP contribution in [0.25, 0.3) is 0 Å². The van der Waals surface area contributed by atoms with Crippen molar-refractivity contribution in [3.8, 4) is 5.75 Å². The van der Waals surface area contributed by atoms with Crippen molar-refractivity contribution in [2.24, 2.45) is 0 Å². The lowest BCUT2D eigenvalue weighted by molar-refractivity contribution is 0.468. The molecule has 0 fully saturated rings. The molecule has 1 aromatic carbocycles. The van der Waals surface area contributed by atoms with Gasteiger partial charge in [-0.15, -0.1) is 0 Å². The number of para-hydroxylation sites is 1. The van der Waals surface area contributed by atoms with Crippen molar-refractivity contribution in [2.75, 3.05) is 5.75 Å². The first-order valence-electron chi connectivity index (χ1n) is 3.83. The van der Waals surface area contributed by atoms with E-state index in [4.69, 9.17) is 11.6 Å². The van der Waals surface area contributed by atoms with E-state index in [0.717, 1.165) is 24.2 Å². The van der Waals surface area contributed by atoms with E-state index in [0.29, 0.717) is 5.02 Å². The van der Waals surface area contributed by atoms with Gasteiger partial charge in [-0.1, -0.05) is 23.7 Å². The number of phenolic OH excluding ortho intramolecular Hbond substituents is 1. The fourth-order valence-corrected chi connectivity index (χ4v) is 1.38. The normalized spacial score (nSPS) is 10.2. The van der Waals surface area contributed by atoms with Crippen molar-refractivity contribution in [3.63, 3.8) is 0 Å². The van der Waals surface area contributed by atoms with E-state index < -0.39 is 0 Å². The number of phenols is 1. The second-order valence-electron chi connectivity index (χ2n) is 2.57. The Hall–Kier alpha value is -0.340. The number of hydrogen-bond acceptors (Lipinski definition) is 2. The Morgan fingerprint density at radius 2 is 2.17 bits per heavy atom. The number of aromatic hydroxyl groups is 1. The smallest absolute Gasteiger partial charge is 0.137 e. The van der Waals surface area contributed by atoms with E-state index in [-0.39, 0.29) is 5.75 Å². The molecule has 0 spiro atoms. The Morgan fingerprint density at radius 1 is 1.42 bits per heavy atom. The number of benzene rings is 1. The highest BCUT2D eigenvalue weighted by Crippen LogP contribution is 2.27. The second-order valence-corrected chi connectivity index (χ2v) is 3.43. The largest absolute Gasteiger partial charge is 0.506 e. The minimum absolute atomic E-state index is 0.209. The van der Waals surface area contributed by atoms with Crippen molar-refractivity contribution in [3.05, 3.63) is 28.8 Å². The zero-order chi connectivity index (χ0) is 8.97. The molecule has 1 aromatic rings. The van der Waals surface area contributed by atoms with Crippen molar-refractivity contribution >= 4 is 24.2 Å². The van der Waals surface area contributed by atoms with E-state index in [1.54, 1.807) is 6.07 Å². The fraction of sp³-hybridized carbons (Fsp3) is 0.333. The summed E-state index contributed by atoms with van der Waals surface area (Å²) in [7, 11) is 0. The van der Waals surface area contributed by atoms with E-state index in [2.05, 4.69) is 12.6 Å². The van der Waals surface area contributed by atoms with Gasteiger partial charge in [0.2, 0.25) is 0 Å². The molecule has 1 rings (SSSR count). The second kappa shape index (κ2) is 4.63. The van der Waals surface area contributed by atoms with E-state index >= 15 is 0 Å². The van der Waals surface area contributed by atoms with Gasteiger partial charge < -0.3 is 5.11 Å². The molecule has 0 amide bonds. The Labute approximate surface area is 82.8 Å². The molecule has 0 unspecified atom stereocenters. The molecule has 3 heteroatoms. The molecule has 0 aromatic heterocycles. The lowest BCUT2D eigenvalue weighted by Gasteiger charge is -2.03. The molecule has 1 N–H and O–H groups in total. The van der Waals surface area contributed by atoms with Crippen molar-refractivity contribution < 1.29 is 5.11 Å². The zero-order valence-corrected chi connectivity index (χ0v) is 8.28. The van der Waals surface area contributed by atoms with Crippen LogP contribution in [0.3, 0.4) is 0 Å². The topological polar surface area (TPSA) is 20.2 Å². The van der Waals surface area contributed by atoms with Crippen LogP contribution in [0.1, 0.15) is 12.0 Å². The first-order chi connectivity index (χ1) is 5.75. The van der Waals surface area contributed by atoms with Gasteiger partial charge in [0.05, 0.1) is 5.02 Å². The summed E-state index contributed by atoms with van der Waals surface area (Å²) in [6.45, 7) is 0. The predicted molar refractivity (Wildman–Crippen MR) is 55.3 cm³/mol. The third-order valence-electron chi connectivity index (χ3n) is 1.67. The molecule has 0 aliphatic rings. The number of rotatable bonds is 3. The molecule has 0 saturated carbocycles. The Bertz CT molecular complexity index is 263. The number of halogens is 1. The van der Waals surface area contributed by atoms with Gasteiger partial charge in [0, 0.05) is 0 Å². The lowest BCUT2D eigenvalue weighted by Crippen LogP contribution is -1.87. The minimum Gasteiger partial charge on any atom is -0.506 e. The van der Waals surface area contributed by atoms with Crippen LogP contribution in [0, 0.1) is 0 Å². The number of aryl methyl sites for hydroxylation is 1. The molecule has 1 nitrogen and oxygen atoms in total. The summed E-state index contributed by atoms with van der Waals surface area (Å²) in [5, 5.41) is 9.89. The summed E-state index contributed by atoms with van der Waals surface area (Å²) < 4.78 is 0. The Morgan fingerprint density at radius 3 is 2.83 bits per heavy atom. The summed E-state index contributed by atoms with van der Waals surface area (Å²) in [5.74, 6) is 1.03. The van der Waals surface area contributed by atoms with Crippen LogP contribution in [0.15, 0.2) is 18.2 Å². The van der Waals surface area contributed by atoms with E-state index in [1.165, 1.54) is 0 Å². The molecule has 66 valence electrons. The first kappa shape index (κ1) is 9.75. The van der Waals surface area contributed by atoms with Crippen LogP contribution in [0.5, 0.6) is 5.75 Å². The maximum atomic E-state index is 9.47. The van der Waals surface area contributed by atoms with Crippen LogP contribution < -0.4 is 0 Å². The highest BCUT2D eigenvalue weighted by molar-refractivity contribution is 7.80. The van der Waals surface area contributed by atoms with Crippen molar-refractivity contribution in [1.82, 2.24) is 0 Å². The minimum atomic E-state index is 0.209. The van der Waals surface area contributed by atoms with Gasteiger partial charge in [-0.25, -0.2) is 0 Å². The monoisotopic (exact) mass is 202 g/mol. The van der Waals surface area contributed by atoms with Crippen LogP contribution in [-0.2, 0) is 6.42 Å². The summed E-state index contributed by atoms with van der Waals surface area (Å²) in [6, 6.07) is 5.40. The van der Waals surface area contributed by atoms with Crippen molar-refractivity contribution in [1.29, 1.82) is 0 Å². The van der Waals surface area contributed by atoms with Gasteiger partial charge in [-0.05, 0) is 30.2 Å². The average Bonchev–Trinajstić information content (AvgIpc) is 2.08. The Balaban J connectivity index is 2.78. The Kier molecular flexibility index (Phi) is 3.76. The van der Waals surface area contributed by atoms with Gasteiger partial charge in [0.1, 0.15) is 5.75 Å². The molecule has 0 saturated heterocycles. The van der Waals surface area contributed by atoms with Gasteiger partial charge in [0.15, 0.2) is 0 Å². The van der Waals surface area contributed by atoms with Gasteiger partial charge in [-0.2, -0.15) is 12.6 Å². The molecule has 0 aliphatic heterocycles. The molecule has 0 bridgehead atoms. The number of thiol groups is 1. The summed E-state index contributed by atoms with van der Waals surface area (Å²) in [5.41, 5.74) is 0.900.